The summed E-state index contributed by atoms with van der Waals surface area (Å²) in [5, 5.41) is 9.92. The van der Waals surface area contributed by atoms with Crippen molar-refractivity contribution in [2.24, 2.45) is 5.41 Å². The van der Waals surface area contributed by atoms with Crippen LogP contribution in [0.2, 0.25) is 10.0 Å². The highest BCUT2D eigenvalue weighted by Crippen LogP contribution is 2.34. The summed E-state index contributed by atoms with van der Waals surface area (Å²) in [5.74, 6) is -1.32. The molecule has 1 N–H and O–H groups in total. The van der Waals surface area contributed by atoms with E-state index in [1.807, 2.05) is 0 Å². The molecule has 1 atom stereocenters. The van der Waals surface area contributed by atoms with Crippen molar-refractivity contribution in [2.75, 3.05) is 26.8 Å². The van der Waals surface area contributed by atoms with Crippen LogP contribution < -0.4 is 0 Å². The van der Waals surface area contributed by atoms with E-state index in [1.54, 1.807) is 18.2 Å². The molecule has 0 aromatic heterocycles. The summed E-state index contributed by atoms with van der Waals surface area (Å²) in [7, 11) is 1.44. The van der Waals surface area contributed by atoms with Gasteiger partial charge in [-0.3, -0.25) is 9.59 Å². The second-order valence-corrected chi connectivity index (χ2v) is 5.91. The fourth-order valence-electron chi connectivity index (χ4n) is 2.54. The quantitative estimate of drug-likeness (QED) is 0.920. The number of carboxylic acids is 1. The molecule has 0 radical (unpaired) electrons. The van der Waals surface area contributed by atoms with Gasteiger partial charge in [0.15, 0.2) is 0 Å². The zero-order valence-corrected chi connectivity index (χ0v) is 12.9. The van der Waals surface area contributed by atoms with Crippen molar-refractivity contribution < 1.29 is 19.4 Å². The molecular weight excluding hydrogens is 317 g/mol. The summed E-state index contributed by atoms with van der Waals surface area (Å²) in [6.07, 6.45) is 0.337. The highest BCUT2D eigenvalue weighted by atomic mass is 35.5. The molecule has 1 unspecified atom stereocenters. The van der Waals surface area contributed by atoms with Crippen LogP contribution in [-0.4, -0.2) is 48.7 Å². The number of carboxylic acid groups (broad SMARTS) is 1. The van der Waals surface area contributed by atoms with Crippen LogP contribution >= 0.6 is 23.2 Å². The van der Waals surface area contributed by atoms with Gasteiger partial charge in [-0.25, -0.2) is 0 Å². The summed E-state index contributed by atoms with van der Waals surface area (Å²) in [4.78, 5) is 25.5. The van der Waals surface area contributed by atoms with Gasteiger partial charge in [0.1, 0.15) is 5.41 Å². The van der Waals surface area contributed by atoms with Gasteiger partial charge < -0.3 is 14.7 Å². The van der Waals surface area contributed by atoms with Gasteiger partial charge >= 0.3 is 5.97 Å². The molecule has 1 aromatic carbocycles. The number of likely N-dealkylation sites (tertiary alicyclic amines) is 1. The maximum Gasteiger partial charge on any atom is 0.313 e. The first-order valence-electron chi connectivity index (χ1n) is 6.37. The van der Waals surface area contributed by atoms with Crippen molar-refractivity contribution in [3.8, 4) is 0 Å². The Morgan fingerprint density at radius 1 is 1.38 bits per heavy atom. The summed E-state index contributed by atoms with van der Waals surface area (Å²) in [6.45, 7) is 0.467. The number of carbonyl (C=O) groups excluding carboxylic acids is 1. The number of ether oxygens (including phenoxy) is 1. The Labute approximate surface area is 132 Å². The first-order chi connectivity index (χ1) is 9.91. The largest absolute Gasteiger partial charge is 0.481 e. The highest BCUT2D eigenvalue weighted by Gasteiger charge is 2.46. The lowest BCUT2D eigenvalue weighted by Crippen LogP contribution is -2.40. The van der Waals surface area contributed by atoms with Crippen molar-refractivity contribution in [2.45, 2.75) is 6.42 Å². The van der Waals surface area contributed by atoms with Crippen molar-refractivity contribution in [1.82, 2.24) is 4.90 Å². The molecular formula is C14H15Cl2NO4. The molecule has 21 heavy (non-hydrogen) atoms. The average molecular weight is 332 g/mol. The molecule has 1 saturated heterocycles. The molecule has 1 aromatic rings. The van der Waals surface area contributed by atoms with Gasteiger partial charge in [0.25, 0.3) is 5.91 Å². The fraction of sp³-hybridized carbons (Fsp3) is 0.429. The van der Waals surface area contributed by atoms with Crippen molar-refractivity contribution in [3.05, 3.63) is 33.8 Å². The SMILES string of the molecule is COCC1(C(=O)O)CCN(C(=O)c2c(Cl)cccc2Cl)C1. The Hall–Kier alpha value is -1.30. The number of rotatable bonds is 4. The summed E-state index contributed by atoms with van der Waals surface area (Å²) >= 11 is 12.0. The molecule has 1 fully saturated rings. The van der Waals surface area contributed by atoms with Gasteiger partial charge in [0, 0.05) is 20.2 Å². The Morgan fingerprint density at radius 3 is 2.52 bits per heavy atom. The third-order valence-electron chi connectivity index (χ3n) is 3.69. The second-order valence-electron chi connectivity index (χ2n) is 5.09. The molecule has 0 saturated carbocycles. The van der Waals surface area contributed by atoms with E-state index in [4.69, 9.17) is 27.9 Å². The van der Waals surface area contributed by atoms with E-state index >= 15 is 0 Å². The number of benzene rings is 1. The minimum atomic E-state index is -1.07. The predicted molar refractivity (Wildman–Crippen MR) is 78.9 cm³/mol. The number of carbonyl (C=O) groups is 2. The Morgan fingerprint density at radius 2 is 2.00 bits per heavy atom. The number of hydrogen-bond acceptors (Lipinski definition) is 3. The highest BCUT2D eigenvalue weighted by molar-refractivity contribution is 6.39. The van der Waals surface area contributed by atoms with E-state index < -0.39 is 11.4 Å². The van der Waals surface area contributed by atoms with E-state index in [-0.39, 0.29) is 34.7 Å². The van der Waals surface area contributed by atoms with Crippen LogP contribution in [0.15, 0.2) is 18.2 Å². The molecule has 2 rings (SSSR count). The third-order valence-corrected chi connectivity index (χ3v) is 4.32. The number of hydrogen-bond donors (Lipinski definition) is 1. The number of aliphatic carboxylic acids is 1. The van der Waals surface area contributed by atoms with E-state index in [0.29, 0.717) is 13.0 Å². The van der Waals surface area contributed by atoms with Gasteiger partial charge in [0.2, 0.25) is 0 Å². The smallest absolute Gasteiger partial charge is 0.313 e. The van der Waals surface area contributed by atoms with Crippen LogP contribution in [-0.2, 0) is 9.53 Å². The number of amides is 1. The van der Waals surface area contributed by atoms with Crippen LogP contribution in [0.3, 0.4) is 0 Å². The minimum absolute atomic E-state index is 0.0579. The van der Waals surface area contributed by atoms with E-state index in [2.05, 4.69) is 0 Å². The lowest BCUT2D eigenvalue weighted by molar-refractivity contribution is -0.151. The van der Waals surface area contributed by atoms with Crippen LogP contribution in [0, 0.1) is 5.41 Å². The molecule has 114 valence electrons. The molecule has 0 spiro atoms. The molecule has 0 aliphatic carbocycles. The van der Waals surface area contributed by atoms with Gasteiger partial charge in [-0.1, -0.05) is 29.3 Å². The van der Waals surface area contributed by atoms with Gasteiger partial charge in [-0.2, -0.15) is 0 Å². The van der Waals surface area contributed by atoms with Gasteiger partial charge in [-0.15, -0.1) is 0 Å². The molecule has 0 bridgehead atoms. The first kappa shape index (κ1) is 16.1. The zero-order valence-electron chi connectivity index (χ0n) is 11.4. The molecule has 1 aliphatic heterocycles. The molecule has 1 amide bonds. The average Bonchev–Trinajstić information content (AvgIpc) is 2.84. The van der Waals surface area contributed by atoms with E-state index in [1.165, 1.54) is 12.0 Å². The van der Waals surface area contributed by atoms with E-state index in [0.717, 1.165) is 0 Å². The number of methoxy groups -OCH3 is 1. The van der Waals surface area contributed by atoms with Crippen molar-refractivity contribution >= 4 is 35.1 Å². The van der Waals surface area contributed by atoms with E-state index in [9.17, 15) is 14.7 Å². The predicted octanol–water partition coefficient (Wildman–Crippen LogP) is 2.56. The fourth-order valence-corrected chi connectivity index (χ4v) is 3.10. The topological polar surface area (TPSA) is 66.8 Å². The summed E-state index contributed by atoms with van der Waals surface area (Å²) in [5.41, 5.74) is -0.863. The Bertz CT molecular complexity index is 558. The van der Waals surface area contributed by atoms with Crippen LogP contribution in [0.4, 0.5) is 0 Å². The standard InChI is InChI=1S/C14H15Cl2NO4/c1-21-8-14(13(19)20)5-6-17(7-14)12(18)11-9(15)3-2-4-10(11)16/h2-4H,5-8H2,1H3,(H,19,20). The normalized spacial score (nSPS) is 21.6. The monoisotopic (exact) mass is 331 g/mol. The Balaban J connectivity index is 2.25. The molecule has 7 heteroatoms. The maximum atomic E-state index is 12.5. The third kappa shape index (κ3) is 3.00. The second kappa shape index (κ2) is 6.22. The van der Waals surface area contributed by atoms with Gasteiger partial charge in [-0.05, 0) is 18.6 Å². The minimum Gasteiger partial charge on any atom is -0.481 e. The summed E-state index contributed by atoms with van der Waals surface area (Å²) < 4.78 is 5.00. The van der Waals surface area contributed by atoms with Crippen LogP contribution in [0.5, 0.6) is 0 Å². The van der Waals surface area contributed by atoms with Gasteiger partial charge in [0.05, 0.1) is 22.2 Å². The molecule has 1 heterocycles. The van der Waals surface area contributed by atoms with Crippen LogP contribution in [0.25, 0.3) is 0 Å². The number of nitrogens with zero attached hydrogens (tertiary/aromatic N) is 1. The molecule has 5 nitrogen and oxygen atoms in total. The lowest BCUT2D eigenvalue weighted by Gasteiger charge is -2.24. The summed E-state index contributed by atoms with van der Waals surface area (Å²) in [6, 6.07) is 4.81. The molecule has 1 aliphatic rings. The van der Waals surface area contributed by atoms with Crippen LogP contribution in [0.1, 0.15) is 16.8 Å². The maximum absolute atomic E-state index is 12.5. The zero-order chi connectivity index (χ0) is 15.6. The van der Waals surface area contributed by atoms with Crippen molar-refractivity contribution in [1.29, 1.82) is 0 Å². The number of halogens is 2. The lowest BCUT2D eigenvalue weighted by atomic mass is 9.88. The first-order valence-corrected chi connectivity index (χ1v) is 7.12. The Kier molecular flexibility index (Phi) is 4.76. The van der Waals surface area contributed by atoms with Crippen molar-refractivity contribution in [3.63, 3.8) is 0 Å².